The highest BCUT2D eigenvalue weighted by Gasteiger charge is 2.35. The number of hydrogen-bond donors (Lipinski definition) is 2. The van der Waals surface area contributed by atoms with Gasteiger partial charge in [0.1, 0.15) is 17.7 Å². The fraction of sp³-hybridized carbons (Fsp3) is 0.310. The van der Waals surface area contributed by atoms with E-state index in [0.29, 0.717) is 16.1 Å². The number of sulfonamides is 1. The maximum atomic E-state index is 14.1. The van der Waals surface area contributed by atoms with Crippen LogP contribution in [0.1, 0.15) is 55.1 Å². The molecule has 0 aliphatic rings. The summed E-state index contributed by atoms with van der Waals surface area (Å²) in [4.78, 5) is 25.0. The van der Waals surface area contributed by atoms with E-state index in [2.05, 4.69) is 5.32 Å². The van der Waals surface area contributed by atoms with Gasteiger partial charge in [-0.2, -0.15) is 4.31 Å². The molecular weight excluding hydrogens is 560 g/mol. The molecule has 0 saturated heterocycles. The zero-order chi connectivity index (χ0) is 29.7. The number of nitrogens with one attached hydrogen (secondary N) is 1. The summed E-state index contributed by atoms with van der Waals surface area (Å²) in [5, 5.41) is 3.19. The Morgan fingerprint density at radius 2 is 1.62 bits per heavy atom. The van der Waals surface area contributed by atoms with Crippen molar-refractivity contribution in [1.29, 1.82) is 0 Å². The molecule has 40 heavy (non-hydrogen) atoms. The van der Waals surface area contributed by atoms with Crippen LogP contribution in [-0.2, 0) is 27.8 Å². The number of nitrogens with zero attached hydrogens (tertiary/aromatic N) is 1. The lowest BCUT2D eigenvalue weighted by Gasteiger charge is -2.29. The van der Waals surface area contributed by atoms with Crippen LogP contribution < -0.4 is 11.1 Å². The van der Waals surface area contributed by atoms with Crippen LogP contribution in [0.2, 0.25) is 5.02 Å². The predicted molar refractivity (Wildman–Crippen MR) is 150 cm³/mol. The van der Waals surface area contributed by atoms with E-state index in [0.717, 1.165) is 16.4 Å². The van der Waals surface area contributed by atoms with Gasteiger partial charge in [0.2, 0.25) is 15.9 Å². The van der Waals surface area contributed by atoms with E-state index in [4.69, 9.17) is 17.3 Å². The number of benzene rings is 3. The van der Waals surface area contributed by atoms with E-state index < -0.39 is 39.1 Å². The first-order chi connectivity index (χ1) is 18.7. The van der Waals surface area contributed by atoms with Gasteiger partial charge in [-0.1, -0.05) is 29.8 Å². The molecular formula is C29H32ClF2N3O4S. The Hall–Kier alpha value is -3.34. The minimum atomic E-state index is -4.25. The molecule has 0 aliphatic heterocycles. The van der Waals surface area contributed by atoms with Crippen molar-refractivity contribution in [2.24, 2.45) is 5.73 Å². The standard InChI is InChI=1S/C29H32ClF2N3O4S/c1-29(2,3)34-28(37)21-9-7-19(8-10-21)18-35(40(38,39)24-15-12-22(30)13-16-24)26(27(33)36)6-4-5-20-11-14-23(31)17-25(20)32/h7-17,26H,4-6,18H2,1-3H3,(H2,33,36)(H,34,37). The first-order valence-electron chi connectivity index (χ1n) is 12.6. The van der Waals surface area contributed by atoms with Crippen LogP contribution in [0.25, 0.3) is 0 Å². The third-order valence-corrected chi connectivity index (χ3v) is 8.20. The van der Waals surface area contributed by atoms with Gasteiger partial charge in [-0.3, -0.25) is 9.59 Å². The topological polar surface area (TPSA) is 110 Å². The summed E-state index contributed by atoms with van der Waals surface area (Å²) >= 11 is 5.94. The van der Waals surface area contributed by atoms with Gasteiger partial charge in [0.25, 0.3) is 5.91 Å². The van der Waals surface area contributed by atoms with Gasteiger partial charge in [0, 0.05) is 28.7 Å². The molecule has 0 bridgehead atoms. The Morgan fingerprint density at radius 1 is 1.00 bits per heavy atom. The fourth-order valence-corrected chi connectivity index (χ4v) is 5.84. The molecule has 0 aliphatic carbocycles. The summed E-state index contributed by atoms with van der Waals surface area (Å²) in [5.41, 5.74) is 6.40. The van der Waals surface area contributed by atoms with E-state index in [1.165, 1.54) is 30.3 Å². The molecule has 0 spiro atoms. The van der Waals surface area contributed by atoms with Crippen molar-refractivity contribution in [2.75, 3.05) is 0 Å². The second kappa shape index (κ2) is 12.9. The molecule has 11 heteroatoms. The lowest BCUT2D eigenvalue weighted by atomic mass is 10.0. The summed E-state index contributed by atoms with van der Waals surface area (Å²) in [6.45, 7) is 5.35. The van der Waals surface area contributed by atoms with Gasteiger partial charge in [0.15, 0.2) is 0 Å². The summed E-state index contributed by atoms with van der Waals surface area (Å²) in [6.07, 6.45) is 0.335. The number of carbonyl (C=O) groups is 2. The normalized spacial score (nSPS) is 12.8. The molecule has 1 atom stereocenters. The maximum Gasteiger partial charge on any atom is 0.251 e. The van der Waals surface area contributed by atoms with E-state index >= 15 is 0 Å². The summed E-state index contributed by atoms with van der Waals surface area (Å²) in [6, 6.07) is 13.8. The number of hydrogen-bond acceptors (Lipinski definition) is 4. The minimum absolute atomic E-state index is 0.00889. The average Bonchev–Trinajstić information content (AvgIpc) is 2.86. The lowest BCUT2D eigenvalue weighted by molar-refractivity contribution is -0.122. The van der Waals surface area contributed by atoms with Gasteiger partial charge >= 0.3 is 0 Å². The highest BCUT2D eigenvalue weighted by atomic mass is 35.5. The molecule has 0 heterocycles. The number of primary amides is 1. The van der Waals surface area contributed by atoms with Crippen LogP contribution in [-0.4, -0.2) is 36.1 Å². The maximum absolute atomic E-state index is 14.1. The first-order valence-corrected chi connectivity index (χ1v) is 14.4. The second-order valence-corrected chi connectivity index (χ2v) is 12.8. The highest BCUT2D eigenvalue weighted by molar-refractivity contribution is 7.89. The zero-order valence-electron chi connectivity index (χ0n) is 22.5. The first kappa shape index (κ1) is 31.2. The SMILES string of the molecule is CC(C)(C)NC(=O)c1ccc(CN(C(CCCc2ccc(F)cc2F)C(N)=O)S(=O)(=O)c2ccc(Cl)cc2)cc1. The Labute approximate surface area is 238 Å². The Morgan fingerprint density at radius 3 is 2.17 bits per heavy atom. The lowest BCUT2D eigenvalue weighted by Crippen LogP contribution is -2.47. The van der Waals surface area contributed by atoms with Gasteiger partial charge in [-0.15, -0.1) is 0 Å². The fourth-order valence-electron chi connectivity index (χ4n) is 4.10. The van der Waals surface area contributed by atoms with Crippen molar-refractivity contribution in [3.8, 4) is 0 Å². The molecule has 0 aromatic heterocycles. The molecule has 7 nitrogen and oxygen atoms in total. The quantitative estimate of drug-likeness (QED) is 0.319. The van der Waals surface area contributed by atoms with Crippen LogP contribution in [0.4, 0.5) is 8.78 Å². The number of rotatable bonds is 11. The molecule has 0 fully saturated rings. The molecule has 0 saturated carbocycles. The smallest absolute Gasteiger partial charge is 0.251 e. The molecule has 3 aromatic rings. The number of carbonyl (C=O) groups excluding carboxylic acids is 2. The van der Waals surface area contributed by atoms with Crippen molar-refractivity contribution in [3.63, 3.8) is 0 Å². The van der Waals surface area contributed by atoms with Gasteiger partial charge < -0.3 is 11.1 Å². The van der Waals surface area contributed by atoms with Gasteiger partial charge in [-0.05, 0) is 93.6 Å². The van der Waals surface area contributed by atoms with E-state index in [-0.39, 0.29) is 42.2 Å². The molecule has 3 N–H and O–H groups in total. The van der Waals surface area contributed by atoms with Crippen molar-refractivity contribution in [2.45, 2.75) is 63.1 Å². The minimum Gasteiger partial charge on any atom is -0.368 e. The zero-order valence-corrected chi connectivity index (χ0v) is 24.0. The van der Waals surface area contributed by atoms with Crippen molar-refractivity contribution >= 4 is 33.4 Å². The van der Waals surface area contributed by atoms with Crippen LogP contribution >= 0.6 is 11.6 Å². The number of halogens is 3. The Balaban J connectivity index is 1.91. The van der Waals surface area contributed by atoms with Crippen LogP contribution in [0, 0.1) is 11.6 Å². The van der Waals surface area contributed by atoms with Crippen molar-refractivity contribution in [1.82, 2.24) is 9.62 Å². The number of amides is 2. The number of aryl methyl sites for hydroxylation is 1. The monoisotopic (exact) mass is 591 g/mol. The molecule has 0 radical (unpaired) electrons. The predicted octanol–water partition coefficient (Wildman–Crippen LogP) is 5.21. The van der Waals surface area contributed by atoms with Gasteiger partial charge in [0.05, 0.1) is 4.90 Å². The third-order valence-electron chi connectivity index (χ3n) is 6.08. The molecule has 214 valence electrons. The van der Waals surface area contributed by atoms with Crippen molar-refractivity contribution in [3.05, 3.63) is 100 Å². The Kier molecular flexibility index (Phi) is 10.0. The largest absolute Gasteiger partial charge is 0.368 e. The Bertz CT molecular complexity index is 1460. The second-order valence-electron chi connectivity index (χ2n) is 10.5. The van der Waals surface area contributed by atoms with Crippen LogP contribution in [0.15, 0.2) is 71.6 Å². The molecule has 1 unspecified atom stereocenters. The molecule has 3 aromatic carbocycles. The van der Waals surface area contributed by atoms with Crippen LogP contribution in [0.5, 0.6) is 0 Å². The molecule has 2 amide bonds. The number of nitrogens with two attached hydrogens (primary N) is 1. The van der Waals surface area contributed by atoms with E-state index in [1.54, 1.807) is 24.3 Å². The third kappa shape index (κ3) is 8.33. The average molecular weight is 592 g/mol. The van der Waals surface area contributed by atoms with Gasteiger partial charge in [-0.25, -0.2) is 17.2 Å². The summed E-state index contributed by atoms with van der Waals surface area (Å²) in [7, 11) is -4.25. The van der Waals surface area contributed by atoms with E-state index in [9.17, 15) is 26.8 Å². The van der Waals surface area contributed by atoms with Crippen LogP contribution in [0.3, 0.4) is 0 Å². The molecule has 3 rings (SSSR count). The van der Waals surface area contributed by atoms with E-state index in [1.807, 2.05) is 20.8 Å². The summed E-state index contributed by atoms with van der Waals surface area (Å²) in [5.74, 6) is -2.60. The highest BCUT2D eigenvalue weighted by Crippen LogP contribution is 2.26. The summed E-state index contributed by atoms with van der Waals surface area (Å²) < 4.78 is 55.9. The van der Waals surface area contributed by atoms with Crippen molar-refractivity contribution < 1.29 is 26.8 Å².